The molecule has 1 aliphatic heterocycles. The fourth-order valence-corrected chi connectivity index (χ4v) is 3.51. The second kappa shape index (κ2) is 6.80. The van der Waals surface area contributed by atoms with Crippen LogP contribution in [-0.2, 0) is 19.3 Å². The van der Waals surface area contributed by atoms with Crippen molar-refractivity contribution in [2.75, 3.05) is 31.6 Å². The van der Waals surface area contributed by atoms with Crippen molar-refractivity contribution in [3.63, 3.8) is 0 Å². The summed E-state index contributed by atoms with van der Waals surface area (Å²) in [6, 6.07) is 6.25. The molecular weight excluding hydrogens is 312 g/mol. The Morgan fingerprint density at radius 3 is 2.92 bits per heavy atom. The van der Waals surface area contributed by atoms with Crippen LogP contribution < -0.4 is 10.2 Å². The zero-order valence-electron chi connectivity index (χ0n) is 14.8. The zero-order valence-corrected chi connectivity index (χ0v) is 14.8. The molecule has 0 saturated heterocycles. The Kier molecular flexibility index (Phi) is 4.36. The Morgan fingerprint density at radius 1 is 1.16 bits per heavy atom. The van der Waals surface area contributed by atoms with Gasteiger partial charge in [-0.25, -0.2) is 15.0 Å². The van der Waals surface area contributed by atoms with Crippen molar-refractivity contribution in [2.24, 2.45) is 0 Å². The van der Waals surface area contributed by atoms with E-state index >= 15 is 0 Å². The molecule has 2 aromatic heterocycles. The fourth-order valence-electron chi connectivity index (χ4n) is 3.51. The summed E-state index contributed by atoms with van der Waals surface area (Å²) in [6.07, 6.45) is 4.52. The van der Waals surface area contributed by atoms with Gasteiger partial charge in [0.25, 0.3) is 0 Å². The third-order valence-corrected chi connectivity index (χ3v) is 4.91. The molecule has 0 saturated carbocycles. The molecule has 0 amide bonds. The van der Waals surface area contributed by atoms with Gasteiger partial charge in [-0.1, -0.05) is 12.1 Å². The van der Waals surface area contributed by atoms with Gasteiger partial charge >= 0.3 is 0 Å². The largest absolute Gasteiger partial charge is 0.359 e. The SMILES string of the molecule is Cc1cccc2[nH]c(CCN(C)c3ncnc4c3CCNCC4)nc12. The standard InChI is InChI=1S/C19H24N6/c1-13-4-3-5-16-18(13)24-17(23-16)8-11-25(2)19-14-6-9-20-10-7-15(14)21-12-22-19/h3-5,12,20H,6-11H2,1-2H3,(H,23,24). The topological polar surface area (TPSA) is 69.7 Å². The number of benzene rings is 1. The number of aromatic nitrogens is 4. The third-order valence-electron chi connectivity index (χ3n) is 4.91. The molecule has 0 bridgehead atoms. The van der Waals surface area contributed by atoms with Crippen LogP contribution in [0, 0.1) is 6.92 Å². The van der Waals surface area contributed by atoms with Gasteiger partial charge in [0.1, 0.15) is 18.0 Å². The Labute approximate surface area is 147 Å². The first-order chi connectivity index (χ1) is 12.2. The van der Waals surface area contributed by atoms with E-state index in [1.165, 1.54) is 16.8 Å². The molecule has 2 N–H and O–H groups in total. The minimum absolute atomic E-state index is 0.863. The van der Waals surface area contributed by atoms with Gasteiger partial charge in [-0.2, -0.15) is 0 Å². The van der Waals surface area contributed by atoms with Gasteiger partial charge in [-0.15, -0.1) is 0 Å². The molecular formula is C19H24N6. The Bertz CT molecular complexity index is 885. The van der Waals surface area contributed by atoms with Crippen LogP contribution in [0.4, 0.5) is 5.82 Å². The normalized spacial score (nSPS) is 14.3. The minimum atomic E-state index is 0.863. The monoisotopic (exact) mass is 336 g/mol. The molecule has 130 valence electrons. The van der Waals surface area contributed by atoms with Gasteiger partial charge < -0.3 is 15.2 Å². The summed E-state index contributed by atoms with van der Waals surface area (Å²) in [5.74, 6) is 2.08. The number of nitrogens with one attached hydrogen (secondary N) is 2. The van der Waals surface area contributed by atoms with Gasteiger partial charge in [0.15, 0.2) is 0 Å². The Balaban J connectivity index is 1.52. The number of rotatable bonds is 4. The van der Waals surface area contributed by atoms with E-state index in [4.69, 9.17) is 4.98 Å². The number of para-hydroxylation sites is 1. The lowest BCUT2D eigenvalue weighted by Gasteiger charge is -2.21. The van der Waals surface area contributed by atoms with Crippen LogP contribution in [0.5, 0.6) is 0 Å². The lowest BCUT2D eigenvalue weighted by molar-refractivity contribution is 0.708. The van der Waals surface area contributed by atoms with E-state index < -0.39 is 0 Å². The van der Waals surface area contributed by atoms with E-state index in [2.05, 4.69) is 57.3 Å². The summed E-state index contributed by atoms with van der Waals surface area (Å²) in [7, 11) is 2.11. The molecule has 6 heteroatoms. The van der Waals surface area contributed by atoms with Gasteiger partial charge in [0.2, 0.25) is 0 Å². The first kappa shape index (κ1) is 16.0. The first-order valence-electron chi connectivity index (χ1n) is 8.91. The Hall–Kier alpha value is -2.47. The fraction of sp³-hybridized carbons (Fsp3) is 0.421. The van der Waals surface area contributed by atoms with Crippen LogP contribution in [0.2, 0.25) is 0 Å². The van der Waals surface area contributed by atoms with Crippen molar-refractivity contribution >= 4 is 16.9 Å². The number of fused-ring (bicyclic) bond motifs is 2. The molecule has 0 fully saturated rings. The number of H-pyrrole nitrogens is 1. The number of aromatic amines is 1. The molecule has 6 nitrogen and oxygen atoms in total. The highest BCUT2D eigenvalue weighted by Crippen LogP contribution is 2.22. The number of anilines is 1. The Morgan fingerprint density at radius 2 is 2.04 bits per heavy atom. The average molecular weight is 336 g/mol. The molecule has 0 unspecified atom stereocenters. The van der Waals surface area contributed by atoms with Gasteiger partial charge in [0, 0.05) is 38.5 Å². The van der Waals surface area contributed by atoms with Gasteiger partial charge in [-0.3, -0.25) is 0 Å². The summed E-state index contributed by atoms with van der Waals surface area (Å²) in [6.45, 7) is 4.95. The number of likely N-dealkylation sites (N-methyl/N-ethyl adjacent to an activating group) is 1. The highest BCUT2D eigenvalue weighted by Gasteiger charge is 2.17. The molecule has 0 atom stereocenters. The van der Waals surface area contributed by atoms with Crippen molar-refractivity contribution in [1.29, 1.82) is 0 Å². The highest BCUT2D eigenvalue weighted by atomic mass is 15.2. The van der Waals surface area contributed by atoms with Crippen molar-refractivity contribution in [3.8, 4) is 0 Å². The number of aryl methyl sites for hydroxylation is 1. The molecule has 3 heterocycles. The minimum Gasteiger partial charge on any atom is -0.359 e. The summed E-state index contributed by atoms with van der Waals surface area (Å²) in [5.41, 5.74) is 5.86. The van der Waals surface area contributed by atoms with Gasteiger partial charge in [-0.05, 0) is 31.5 Å². The maximum atomic E-state index is 4.76. The summed E-state index contributed by atoms with van der Waals surface area (Å²) in [5, 5.41) is 3.44. The van der Waals surface area contributed by atoms with Crippen molar-refractivity contribution in [1.82, 2.24) is 25.3 Å². The first-order valence-corrected chi connectivity index (χ1v) is 8.91. The van der Waals surface area contributed by atoms with E-state index in [0.717, 1.165) is 61.6 Å². The molecule has 3 aromatic rings. The summed E-state index contributed by atoms with van der Waals surface area (Å²) >= 11 is 0. The molecule has 4 rings (SSSR count). The average Bonchev–Trinajstić information content (AvgIpc) is 2.89. The summed E-state index contributed by atoms with van der Waals surface area (Å²) in [4.78, 5) is 19.5. The van der Waals surface area contributed by atoms with Crippen LogP contribution in [0.1, 0.15) is 22.6 Å². The van der Waals surface area contributed by atoms with Crippen molar-refractivity contribution in [3.05, 3.63) is 47.2 Å². The molecule has 1 aromatic carbocycles. The highest BCUT2D eigenvalue weighted by molar-refractivity contribution is 5.78. The van der Waals surface area contributed by atoms with E-state index in [1.54, 1.807) is 6.33 Å². The van der Waals surface area contributed by atoms with E-state index in [0.29, 0.717) is 0 Å². The van der Waals surface area contributed by atoms with Crippen LogP contribution >= 0.6 is 0 Å². The quantitative estimate of drug-likeness (QED) is 0.763. The number of nitrogens with zero attached hydrogens (tertiary/aromatic N) is 4. The maximum Gasteiger partial charge on any atom is 0.135 e. The molecule has 0 aliphatic carbocycles. The lowest BCUT2D eigenvalue weighted by atomic mass is 10.1. The van der Waals surface area contributed by atoms with Gasteiger partial charge in [0.05, 0.1) is 16.7 Å². The maximum absolute atomic E-state index is 4.76. The lowest BCUT2D eigenvalue weighted by Crippen LogP contribution is -2.24. The van der Waals surface area contributed by atoms with Crippen molar-refractivity contribution < 1.29 is 0 Å². The van der Waals surface area contributed by atoms with E-state index in [-0.39, 0.29) is 0 Å². The van der Waals surface area contributed by atoms with E-state index in [9.17, 15) is 0 Å². The predicted octanol–water partition coefficient (Wildman–Crippen LogP) is 2.03. The second-order valence-electron chi connectivity index (χ2n) is 6.70. The number of imidazole rings is 1. The zero-order chi connectivity index (χ0) is 17.2. The number of hydrogen-bond donors (Lipinski definition) is 2. The predicted molar refractivity (Wildman–Crippen MR) is 100 cm³/mol. The van der Waals surface area contributed by atoms with Crippen LogP contribution in [0.3, 0.4) is 0 Å². The smallest absolute Gasteiger partial charge is 0.135 e. The summed E-state index contributed by atoms with van der Waals surface area (Å²) < 4.78 is 0. The molecule has 1 aliphatic rings. The molecule has 25 heavy (non-hydrogen) atoms. The van der Waals surface area contributed by atoms with Crippen LogP contribution in [0.15, 0.2) is 24.5 Å². The second-order valence-corrected chi connectivity index (χ2v) is 6.70. The molecule has 0 radical (unpaired) electrons. The number of hydrogen-bond acceptors (Lipinski definition) is 5. The third kappa shape index (κ3) is 3.22. The molecule has 0 spiro atoms. The van der Waals surface area contributed by atoms with Crippen molar-refractivity contribution in [2.45, 2.75) is 26.2 Å². The van der Waals surface area contributed by atoms with Crippen LogP contribution in [0.25, 0.3) is 11.0 Å². The van der Waals surface area contributed by atoms with E-state index in [1.807, 2.05) is 0 Å². The van der Waals surface area contributed by atoms with Crippen LogP contribution in [-0.4, -0.2) is 46.6 Å².